The molecule has 10 heteroatoms. The summed E-state index contributed by atoms with van der Waals surface area (Å²) in [6.45, 7) is 15.3. The number of rotatable bonds is 10. The molecular formula is C21H40IN7O2. The van der Waals surface area contributed by atoms with Gasteiger partial charge in [-0.1, -0.05) is 20.8 Å². The van der Waals surface area contributed by atoms with Crippen LogP contribution in [-0.2, 0) is 22.4 Å². The Morgan fingerprint density at radius 3 is 2.94 bits per heavy atom. The lowest BCUT2D eigenvalue weighted by Gasteiger charge is -2.34. The van der Waals surface area contributed by atoms with Crippen LogP contribution in [-0.4, -0.2) is 90.8 Å². The molecular weight excluding hydrogens is 509 g/mol. The Morgan fingerprint density at radius 2 is 2.19 bits per heavy atom. The maximum absolute atomic E-state index is 5.98. The Hall–Kier alpha value is -0.980. The van der Waals surface area contributed by atoms with Crippen LogP contribution >= 0.6 is 24.0 Å². The summed E-state index contributed by atoms with van der Waals surface area (Å²) in [6, 6.07) is 0. The van der Waals surface area contributed by atoms with Crippen LogP contribution < -0.4 is 10.6 Å². The van der Waals surface area contributed by atoms with E-state index in [2.05, 4.69) is 51.1 Å². The summed E-state index contributed by atoms with van der Waals surface area (Å²) in [5.74, 6) is 3.04. The molecule has 31 heavy (non-hydrogen) atoms. The van der Waals surface area contributed by atoms with Gasteiger partial charge in [0.2, 0.25) is 0 Å². The average Bonchev–Trinajstić information content (AvgIpc) is 3.41. The Labute approximate surface area is 203 Å². The van der Waals surface area contributed by atoms with Crippen LogP contribution in [0.3, 0.4) is 0 Å². The zero-order valence-electron chi connectivity index (χ0n) is 19.3. The molecule has 3 rings (SSSR count). The van der Waals surface area contributed by atoms with Crippen molar-refractivity contribution < 1.29 is 9.47 Å². The SMILES string of the molecule is CCc1nncn1CCNC(=NCC1CCOC1)NCC1CN(CC(C)C)CCO1.I. The highest BCUT2D eigenvalue weighted by Gasteiger charge is 2.21. The van der Waals surface area contributed by atoms with Crippen LogP contribution in [0.25, 0.3) is 0 Å². The fraction of sp³-hybridized carbons (Fsp3) is 0.857. The minimum atomic E-state index is 0. The molecule has 1 aromatic rings. The van der Waals surface area contributed by atoms with Crippen LogP contribution in [0.15, 0.2) is 11.3 Å². The van der Waals surface area contributed by atoms with E-state index >= 15 is 0 Å². The van der Waals surface area contributed by atoms with Crippen molar-refractivity contribution in [2.45, 2.75) is 46.3 Å². The molecule has 2 unspecified atom stereocenters. The third-order valence-corrected chi connectivity index (χ3v) is 5.53. The van der Waals surface area contributed by atoms with Gasteiger partial charge in [-0.15, -0.1) is 34.2 Å². The highest BCUT2D eigenvalue weighted by Crippen LogP contribution is 2.12. The summed E-state index contributed by atoms with van der Waals surface area (Å²) < 4.78 is 13.6. The van der Waals surface area contributed by atoms with Crippen LogP contribution in [0.5, 0.6) is 0 Å². The highest BCUT2D eigenvalue weighted by molar-refractivity contribution is 14.0. The van der Waals surface area contributed by atoms with Crippen LogP contribution in [0.1, 0.15) is 33.0 Å². The van der Waals surface area contributed by atoms with Crippen LogP contribution in [0, 0.1) is 11.8 Å². The maximum atomic E-state index is 5.98. The van der Waals surface area contributed by atoms with E-state index < -0.39 is 0 Å². The van der Waals surface area contributed by atoms with Crippen molar-refractivity contribution in [2.75, 3.05) is 59.1 Å². The van der Waals surface area contributed by atoms with Crippen molar-refractivity contribution in [3.8, 4) is 0 Å². The first-order valence-electron chi connectivity index (χ1n) is 11.4. The van der Waals surface area contributed by atoms with E-state index in [-0.39, 0.29) is 30.1 Å². The second kappa shape index (κ2) is 14.2. The molecule has 0 saturated carbocycles. The van der Waals surface area contributed by atoms with Gasteiger partial charge in [0.05, 0.1) is 19.3 Å². The molecule has 2 saturated heterocycles. The standard InChI is InChI=1S/C21H39N7O2.HI/c1-4-20-26-25-16-28(20)7-6-22-21(23-11-18-5-9-29-15-18)24-12-19-14-27(8-10-30-19)13-17(2)3;/h16-19H,4-15H2,1-3H3,(H2,22,23,24);1H. The number of aryl methyl sites for hydroxylation is 1. The predicted octanol–water partition coefficient (Wildman–Crippen LogP) is 1.39. The van der Waals surface area contributed by atoms with Gasteiger partial charge in [0.25, 0.3) is 0 Å². The number of hydrogen-bond donors (Lipinski definition) is 2. The average molecular weight is 550 g/mol. The lowest BCUT2D eigenvalue weighted by molar-refractivity contribution is -0.0284. The summed E-state index contributed by atoms with van der Waals surface area (Å²) in [6.07, 6.45) is 3.95. The molecule has 2 aliphatic rings. The van der Waals surface area contributed by atoms with E-state index in [0.29, 0.717) is 11.8 Å². The number of aromatic nitrogens is 3. The fourth-order valence-corrected chi connectivity index (χ4v) is 3.95. The van der Waals surface area contributed by atoms with Crippen molar-refractivity contribution in [3.63, 3.8) is 0 Å². The van der Waals surface area contributed by atoms with Gasteiger partial charge in [0, 0.05) is 64.8 Å². The molecule has 2 N–H and O–H groups in total. The quantitative estimate of drug-likeness (QED) is 0.259. The number of aliphatic imine (C=N–C) groups is 1. The highest BCUT2D eigenvalue weighted by atomic mass is 127. The Kier molecular flexibility index (Phi) is 12.1. The van der Waals surface area contributed by atoms with E-state index in [0.717, 1.165) is 90.3 Å². The lowest BCUT2D eigenvalue weighted by Crippen LogP contribution is -2.50. The molecule has 0 aliphatic carbocycles. The van der Waals surface area contributed by atoms with E-state index in [9.17, 15) is 0 Å². The van der Waals surface area contributed by atoms with E-state index in [1.54, 1.807) is 6.33 Å². The van der Waals surface area contributed by atoms with Gasteiger partial charge in [-0.3, -0.25) is 9.89 Å². The Balaban J connectivity index is 0.00000341. The van der Waals surface area contributed by atoms with E-state index in [1.165, 1.54) is 0 Å². The van der Waals surface area contributed by atoms with Gasteiger partial charge in [0.1, 0.15) is 12.2 Å². The van der Waals surface area contributed by atoms with Crippen molar-refractivity contribution in [3.05, 3.63) is 12.2 Å². The second-order valence-electron chi connectivity index (χ2n) is 8.67. The molecule has 2 atom stereocenters. The molecule has 1 aromatic heterocycles. The van der Waals surface area contributed by atoms with Gasteiger partial charge < -0.3 is 24.7 Å². The zero-order valence-corrected chi connectivity index (χ0v) is 21.6. The smallest absolute Gasteiger partial charge is 0.191 e. The summed E-state index contributed by atoms with van der Waals surface area (Å²) in [5.41, 5.74) is 0. The van der Waals surface area contributed by atoms with E-state index in [4.69, 9.17) is 14.5 Å². The van der Waals surface area contributed by atoms with Gasteiger partial charge in [0.15, 0.2) is 5.96 Å². The monoisotopic (exact) mass is 549 g/mol. The first-order valence-corrected chi connectivity index (χ1v) is 11.4. The van der Waals surface area contributed by atoms with Gasteiger partial charge in [-0.2, -0.15) is 0 Å². The Morgan fingerprint density at radius 1 is 1.32 bits per heavy atom. The molecule has 0 bridgehead atoms. The normalized spacial score (nSPS) is 22.5. The first kappa shape index (κ1) is 26.3. The summed E-state index contributed by atoms with van der Waals surface area (Å²) >= 11 is 0. The fourth-order valence-electron chi connectivity index (χ4n) is 3.95. The number of nitrogens with one attached hydrogen (secondary N) is 2. The van der Waals surface area contributed by atoms with Crippen molar-refractivity contribution in [1.29, 1.82) is 0 Å². The summed E-state index contributed by atoms with van der Waals surface area (Å²) in [7, 11) is 0. The molecule has 0 amide bonds. The minimum Gasteiger partial charge on any atom is -0.381 e. The predicted molar refractivity (Wildman–Crippen MR) is 133 cm³/mol. The maximum Gasteiger partial charge on any atom is 0.191 e. The zero-order chi connectivity index (χ0) is 21.2. The summed E-state index contributed by atoms with van der Waals surface area (Å²) in [4.78, 5) is 7.32. The molecule has 9 nitrogen and oxygen atoms in total. The lowest BCUT2D eigenvalue weighted by atomic mass is 10.1. The van der Waals surface area contributed by atoms with Crippen LogP contribution in [0.4, 0.5) is 0 Å². The summed E-state index contributed by atoms with van der Waals surface area (Å²) in [5, 5.41) is 15.1. The molecule has 2 fully saturated rings. The second-order valence-corrected chi connectivity index (χ2v) is 8.67. The van der Waals surface area contributed by atoms with E-state index in [1.807, 2.05) is 0 Å². The van der Waals surface area contributed by atoms with Gasteiger partial charge in [-0.05, 0) is 12.3 Å². The number of hydrogen-bond acceptors (Lipinski definition) is 6. The van der Waals surface area contributed by atoms with Crippen LogP contribution in [0.2, 0.25) is 0 Å². The first-order chi connectivity index (χ1) is 14.6. The van der Waals surface area contributed by atoms with Crippen molar-refractivity contribution >= 4 is 29.9 Å². The van der Waals surface area contributed by atoms with Crippen molar-refractivity contribution in [2.24, 2.45) is 16.8 Å². The van der Waals surface area contributed by atoms with Gasteiger partial charge >= 0.3 is 0 Å². The largest absolute Gasteiger partial charge is 0.381 e. The molecule has 0 radical (unpaired) electrons. The number of nitrogens with zero attached hydrogens (tertiary/aromatic N) is 5. The third kappa shape index (κ3) is 9.19. The number of guanidine groups is 1. The molecule has 178 valence electrons. The number of halogens is 1. The van der Waals surface area contributed by atoms with Gasteiger partial charge in [-0.25, -0.2) is 0 Å². The molecule has 3 heterocycles. The topological polar surface area (TPSA) is 88.8 Å². The Bertz CT molecular complexity index is 649. The number of ether oxygens (including phenoxy) is 2. The number of morpholine rings is 1. The molecule has 0 spiro atoms. The molecule has 2 aliphatic heterocycles. The minimum absolute atomic E-state index is 0. The molecule has 0 aromatic carbocycles. The van der Waals surface area contributed by atoms with Crippen molar-refractivity contribution in [1.82, 2.24) is 30.3 Å². The third-order valence-electron chi connectivity index (χ3n) is 5.53.